The molecule has 104 valence electrons. The Morgan fingerprint density at radius 1 is 1.53 bits per heavy atom. The maximum Gasteiger partial charge on any atom is 0.138 e. The lowest BCUT2D eigenvalue weighted by molar-refractivity contribution is 0.120. The maximum atomic E-state index is 6.54. The fourth-order valence-corrected chi connectivity index (χ4v) is 2.24. The zero-order chi connectivity index (χ0) is 14.0. The molecule has 0 aromatic carbocycles. The zero-order valence-electron chi connectivity index (χ0n) is 11.6. The molecule has 0 spiro atoms. The van der Waals surface area contributed by atoms with Gasteiger partial charge in [-0.25, -0.2) is 9.67 Å². The van der Waals surface area contributed by atoms with Gasteiger partial charge in [0.25, 0.3) is 0 Å². The lowest BCUT2D eigenvalue weighted by atomic mass is 9.75. The van der Waals surface area contributed by atoms with Gasteiger partial charge in [0.15, 0.2) is 0 Å². The van der Waals surface area contributed by atoms with Gasteiger partial charge in [-0.05, 0) is 12.0 Å². The van der Waals surface area contributed by atoms with Crippen molar-refractivity contribution in [1.82, 2.24) is 9.78 Å². The minimum absolute atomic E-state index is 0.236. The Labute approximate surface area is 113 Å². The zero-order valence-corrected chi connectivity index (χ0v) is 11.6. The molecular weight excluding hydrogens is 242 g/mol. The van der Waals surface area contributed by atoms with E-state index in [2.05, 4.69) is 23.9 Å². The Hall–Kier alpha value is -1.66. The molecule has 1 aliphatic rings. The number of hydrogen-bond donors (Lipinski definition) is 2. The second kappa shape index (κ2) is 5.14. The van der Waals surface area contributed by atoms with Crippen LogP contribution >= 0.6 is 0 Å². The lowest BCUT2D eigenvalue weighted by Crippen LogP contribution is -2.50. The van der Waals surface area contributed by atoms with Crippen molar-refractivity contribution in [3.63, 3.8) is 0 Å². The topological polar surface area (TPSA) is 91.5 Å². The van der Waals surface area contributed by atoms with Crippen molar-refractivity contribution in [3.05, 3.63) is 24.2 Å². The second-order valence-corrected chi connectivity index (χ2v) is 5.19. The molecule has 1 aromatic heterocycles. The Morgan fingerprint density at radius 2 is 2.26 bits per heavy atom. The quantitative estimate of drug-likeness (QED) is 0.845. The SMILES string of the molecule is COCn1ccc(C2=CN=C(N)CC2(N)C(C)C)n1. The van der Waals surface area contributed by atoms with Gasteiger partial charge in [0.05, 0.1) is 11.2 Å². The number of rotatable bonds is 4. The van der Waals surface area contributed by atoms with E-state index in [1.807, 2.05) is 12.3 Å². The van der Waals surface area contributed by atoms with Gasteiger partial charge in [-0.3, -0.25) is 0 Å². The van der Waals surface area contributed by atoms with Crippen LogP contribution in [-0.4, -0.2) is 28.3 Å². The average Bonchev–Trinajstić information content (AvgIpc) is 2.77. The molecule has 1 atom stereocenters. The Kier molecular flexibility index (Phi) is 3.73. The fraction of sp³-hybridized carbons (Fsp3) is 0.538. The van der Waals surface area contributed by atoms with Crippen LogP contribution in [0.1, 0.15) is 26.0 Å². The molecule has 4 N–H and O–H groups in total. The smallest absolute Gasteiger partial charge is 0.138 e. The first-order valence-corrected chi connectivity index (χ1v) is 6.32. The largest absolute Gasteiger partial charge is 0.387 e. The van der Waals surface area contributed by atoms with E-state index in [9.17, 15) is 0 Å². The summed E-state index contributed by atoms with van der Waals surface area (Å²) in [4.78, 5) is 4.19. The van der Waals surface area contributed by atoms with Gasteiger partial charge < -0.3 is 16.2 Å². The van der Waals surface area contributed by atoms with Crippen molar-refractivity contribution in [3.8, 4) is 0 Å². The molecule has 1 unspecified atom stereocenters. The number of aliphatic imine (C=N–C) groups is 1. The summed E-state index contributed by atoms with van der Waals surface area (Å²) in [5, 5.41) is 4.46. The highest BCUT2D eigenvalue weighted by Gasteiger charge is 2.38. The number of nitrogens with zero attached hydrogens (tertiary/aromatic N) is 3. The summed E-state index contributed by atoms with van der Waals surface area (Å²) in [5.41, 5.74) is 13.6. The van der Waals surface area contributed by atoms with Gasteiger partial charge in [-0.1, -0.05) is 13.8 Å². The number of amidine groups is 1. The molecule has 1 aliphatic heterocycles. The highest BCUT2D eigenvalue weighted by atomic mass is 16.5. The van der Waals surface area contributed by atoms with Gasteiger partial charge in [-0.15, -0.1) is 0 Å². The predicted octanol–water partition coefficient (Wildman–Crippen LogP) is 0.942. The summed E-state index contributed by atoms with van der Waals surface area (Å²) < 4.78 is 6.77. The molecule has 0 amide bonds. The number of aromatic nitrogens is 2. The maximum absolute atomic E-state index is 6.54. The summed E-state index contributed by atoms with van der Waals surface area (Å²) in [7, 11) is 1.63. The van der Waals surface area contributed by atoms with Crippen molar-refractivity contribution >= 4 is 11.4 Å². The summed E-state index contributed by atoms with van der Waals surface area (Å²) in [6, 6.07) is 1.92. The van der Waals surface area contributed by atoms with E-state index in [4.69, 9.17) is 16.2 Å². The summed E-state index contributed by atoms with van der Waals surface area (Å²) in [6.07, 6.45) is 4.15. The first-order chi connectivity index (χ1) is 8.97. The molecule has 2 heterocycles. The van der Waals surface area contributed by atoms with Crippen LogP contribution in [0.15, 0.2) is 23.5 Å². The standard InChI is InChI=1S/C13H21N5O/c1-9(2)13(15)6-12(14)16-7-10(13)11-4-5-18(17-11)8-19-3/h4-5,7,9H,6,8,15H2,1-3H3,(H2,14,16). The summed E-state index contributed by atoms with van der Waals surface area (Å²) in [6.45, 7) is 4.58. The van der Waals surface area contributed by atoms with Crippen LogP contribution in [0.2, 0.25) is 0 Å². The molecule has 0 saturated heterocycles. The van der Waals surface area contributed by atoms with Crippen molar-refractivity contribution in [1.29, 1.82) is 0 Å². The van der Waals surface area contributed by atoms with Gasteiger partial charge >= 0.3 is 0 Å². The molecule has 0 saturated carbocycles. The fourth-order valence-electron chi connectivity index (χ4n) is 2.24. The molecule has 19 heavy (non-hydrogen) atoms. The van der Waals surface area contributed by atoms with Gasteiger partial charge in [0, 0.05) is 31.5 Å². The molecule has 0 bridgehead atoms. The molecule has 2 rings (SSSR count). The number of ether oxygens (including phenoxy) is 1. The van der Waals surface area contributed by atoms with Crippen LogP contribution in [0.5, 0.6) is 0 Å². The Bertz CT molecular complexity index is 517. The molecular formula is C13H21N5O. The Balaban J connectivity index is 2.38. The van der Waals surface area contributed by atoms with E-state index >= 15 is 0 Å². The highest BCUT2D eigenvalue weighted by molar-refractivity contribution is 5.90. The third-order valence-electron chi connectivity index (χ3n) is 3.54. The van der Waals surface area contributed by atoms with E-state index in [-0.39, 0.29) is 5.92 Å². The molecule has 0 radical (unpaired) electrons. The van der Waals surface area contributed by atoms with E-state index in [0.717, 1.165) is 11.3 Å². The van der Waals surface area contributed by atoms with E-state index in [1.165, 1.54) is 0 Å². The van der Waals surface area contributed by atoms with Gasteiger partial charge in [-0.2, -0.15) is 5.10 Å². The van der Waals surface area contributed by atoms with Crippen molar-refractivity contribution in [2.45, 2.75) is 32.5 Å². The van der Waals surface area contributed by atoms with Crippen molar-refractivity contribution in [2.75, 3.05) is 7.11 Å². The number of hydrogen-bond acceptors (Lipinski definition) is 5. The molecule has 1 aromatic rings. The van der Waals surface area contributed by atoms with Crippen LogP contribution in [0.25, 0.3) is 5.57 Å². The minimum atomic E-state index is -0.530. The third kappa shape index (κ3) is 2.54. The molecule has 6 nitrogen and oxygen atoms in total. The van der Waals surface area contributed by atoms with E-state index < -0.39 is 5.54 Å². The molecule has 0 aliphatic carbocycles. The summed E-state index contributed by atoms with van der Waals surface area (Å²) >= 11 is 0. The van der Waals surface area contributed by atoms with Crippen LogP contribution in [0.4, 0.5) is 0 Å². The highest BCUT2D eigenvalue weighted by Crippen LogP contribution is 2.35. The van der Waals surface area contributed by atoms with Crippen molar-refractivity contribution in [2.24, 2.45) is 22.4 Å². The average molecular weight is 263 g/mol. The number of methoxy groups -OCH3 is 1. The number of nitrogens with two attached hydrogens (primary N) is 2. The van der Waals surface area contributed by atoms with Crippen molar-refractivity contribution < 1.29 is 4.74 Å². The molecule has 0 fully saturated rings. The summed E-state index contributed by atoms with van der Waals surface area (Å²) in [5.74, 6) is 0.802. The van der Waals surface area contributed by atoms with Crippen LogP contribution < -0.4 is 11.5 Å². The van der Waals surface area contributed by atoms with Crippen LogP contribution in [0.3, 0.4) is 0 Å². The van der Waals surface area contributed by atoms with Gasteiger partial charge in [0.1, 0.15) is 12.6 Å². The second-order valence-electron chi connectivity index (χ2n) is 5.19. The Morgan fingerprint density at radius 3 is 2.89 bits per heavy atom. The lowest BCUT2D eigenvalue weighted by Gasteiger charge is -2.36. The van der Waals surface area contributed by atoms with Crippen LogP contribution in [0, 0.1) is 5.92 Å². The van der Waals surface area contributed by atoms with Crippen LogP contribution in [-0.2, 0) is 11.5 Å². The first kappa shape index (κ1) is 13.8. The van der Waals surface area contributed by atoms with E-state index in [1.54, 1.807) is 18.0 Å². The molecule has 6 heteroatoms. The normalized spacial score (nSPS) is 23.4. The van der Waals surface area contributed by atoms with E-state index in [0.29, 0.717) is 19.0 Å². The monoisotopic (exact) mass is 263 g/mol. The third-order valence-corrected chi connectivity index (χ3v) is 3.54. The minimum Gasteiger partial charge on any atom is -0.387 e. The van der Waals surface area contributed by atoms with Gasteiger partial charge in [0.2, 0.25) is 0 Å². The predicted molar refractivity (Wildman–Crippen MR) is 75.2 cm³/mol. The first-order valence-electron chi connectivity index (χ1n) is 6.32.